The van der Waals surface area contributed by atoms with Crippen molar-refractivity contribution in [3.05, 3.63) is 59.0 Å². The molecule has 4 rings (SSSR count). The van der Waals surface area contributed by atoms with Gasteiger partial charge in [0.15, 0.2) is 5.76 Å². The van der Waals surface area contributed by atoms with Crippen molar-refractivity contribution in [2.24, 2.45) is 0 Å². The van der Waals surface area contributed by atoms with E-state index in [0.29, 0.717) is 36.3 Å². The van der Waals surface area contributed by atoms with Crippen LogP contribution in [-0.2, 0) is 4.74 Å². The topological polar surface area (TPSA) is 67.9 Å². The molecule has 0 saturated carbocycles. The number of carbonyl (C=O) groups is 1. The van der Waals surface area contributed by atoms with E-state index >= 15 is 0 Å². The number of nitrogens with one attached hydrogen (secondary N) is 1. The van der Waals surface area contributed by atoms with Crippen molar-refractivity contribution in [1.29, 1.82) is 0 Å². The molecule has 1 aliphatic rings. The normalized spacial score (nSPS) is 16.4. The molecule has 1 aliphatic heterocycles. The maximum Gasteiger partial charge on any atom is 0.287 e. The van der Waals surface area contributed by atoms with Crippen molar-refractivity contribution >= 4 is 16.9 Å². The first-order valence-corrected chi connectivity index (χ1v) is 9.38. The van der Waals surface area contributed by atoms with Crippen molar-refractivity contribution in [2.45, 2.75) is 19.9 Å². The van der Waals surface area contributed by atoms with Gasteiger partial charge in [-0.3, -0.25) is 9.69 Å². The van der Waals surface area contributed by atoms with Crippen molar-refractivity contribution < 1.29 is 22.8 Å². The fraction of sp³-hybridized carbons (Fsp3) is 0.381. The molecular formula is C21H23FN2O4. The third-order valence-electron chi connectivity index (χ3n) is 5.14. The first-order chi connectivity index (χ1) is 13.5. The molecular weight excluding hydrogens is 363 g/mol. The fourth-order valence-corrected chi connectivity index (χ4v) is 3.61. The van der Waals surface area contributed by atoms with Crippen LogP contribution in [0.1, 0.15) is 33.7 Å². The second kappa shape index (κ2) is 7.77. The molecule has 2 aromatic heterocycles. The summed E-state index contributed by atoms with van der Waals surface area (Å²) in [5.41, 5.74) is 1.12. The Morgan fingerprint density at radius 2 is 1.96 bits per heavy atom. The summed E-state index contributed by atoms with van der Waals surface area (Å²) in [7, 11) is 0. The predicted molar refractivity (Wildman–Crippen MR) is 102 cm³/mol. The number of aryl methyl sites for hydroxylation is 2. The van der Waals surface area contributed by atoms with E-state index in [1.54, 1.807) is 6.92 Å². The first kappa shape index (κ1) is 18.7. The SMILES string of the molecule is Cc1ccc(C(CNC(=O)c2oc3ccc(F)cc3c2C)N2CCOCC2)o1. The Labute approximate surface area is 162 Å². The number of nitrogens with zero attached hydrogens (tertiary/aromatic N) is 1. The lowest BCUT2D eigenvalue weighted by atomic mass is 10.1. The van der Waals surface area contributed by atoms with Gasteiger partial charge in [0.05, 0.1) is 19.3 Å². The zero-order valence-electron chi connectivity index (χ0n) is 16.0. The van der Waals surface area contributed by atoms with Crippen LogP contribution in [0.4, 0.5) is 4.39 Å². The molecule has 3 aromatic rings. The highest BCUT2D eigenvalue weighted by Crippen LogP contribution is 2.27. The minimum Gasteiger partial charge on any atom is -0.465 e. The average molecular weight is 386 g/mol. The molecule has 6 nitrogen and oxygen atoms in total. The van der Waals surface area contributed by atoms with Gasteiger partial charge in [0.2, 0.25) is 0 Å². The highest BCUT2D eigenvalue weighted by atomic mass is 19.1. The van der Waals surface area contributed by atoms with Crippen LogP contribution in [0, 0.1) is 19.7 Å². The molecule has 7 heteroatoms. The lowest BCUT2D eigenvalue weighted by Gasteiger charge is -2.33. The number of rotatable bonds is 5. The van der Waals surface area contributed by atoms with Crippen molar-refractivity contribution in [3.63, 3.8) is 0 Å². The van der Waals surface area contributed by atoms with Gasteiger partial charge in [0, 0.05) is 30.6 Å². The summed E-state index contributed by atoms with van der Waals surface area (Å²) in [5.74, 6) is 1.16. The Balaban J connectivity index is 1.53. The van der Waals surface area contributed by atoms with E-state index in [1.807, 2.05) is 19.1 Å². The number of ether oxygens (including phenoxy) is 1. The van der Waals surface area contributed by atoms with Crippen LogP contribution < -0.4 is 5.32 Å². The summed E-state index contributed by atoms with van der Waals surface area (Å²) in [6, 6.07) is 8.01. The lowest BCUT2D eigenvalue weighted by molar-refractivity contribution is 0.0116. The molecule has 148 valence electrons. The lowest BCUT2D eigenvalue weighted by Crippen LogP contribution is -2.43. The van der Waals surface area contributed by atoms with Gasteiger partial charge in [-0.25, -0.2) is 4.39 Å². The minimum atomic E-state index is -0.357. The highest BCUT2D eigenvalue weighted by Gasteiger charge is 2.27. The fourth-order valence-electron chi connectivity index (χ4n) is 3.61. The van der Waals surface area contributed by atoms with Gasteiger partial charge in [-0.1, -0.05) is 0 Å². The number of fused-ring (bicyclic) bond motifs is 1. The van der Waals surface area contributed by atoms with Gasteiger partial charge in [-0.05, 0) is 44.2 Å². The van der Waals surface area contributed by atoms with E-state index in [1.165, 1.54) is 18.2 Å². The van der Waals surface area contributed by atoms with E-state index in [0.717, 1.165) is 24.6 Å². The minimum absolute atomic E-state index is 0.0938. The average Bonchev–Trinajstić information content (AvgIpc) is 3.26. The summed E-state index contributed by atoms with van der Waals surface area (Å²) in [6.07, 6.45) is 0. The number of carbonyl (C=O) groups excluding carboxylic acids is 1. The number of amides is 1. The van der Waals surface area contributed by atoms with E-state index in [4.69, 9.17) is 13.6 Å². The van der Waals surface area contributed by atoms with Gasteiger partial charge >= 0.3 is 0 Å². The molecule has 0 aliphatic carbocycles. The molecule has 1 N–H and O–H groups in total. The molecule has 1 amide bonds. The second-order valence-corrected chi connectivity index (χ2v) is 7.02. The van der Waals surface area contributed by atoms with E-state index in [2.05, 4.69) is 10.2 Å². The summed E-state index contributed by atoms with van der Waals surface area (Å²) in [6.45, 7) is 6.87. The van der Waals surface area contributed by atoms with Crippen LogP contribution in [0.5, 0.6) is 0 Å². The molecule has 1 fully saturated rings. The molecule has 28 heavy (non-hydrogen) atoms. The highest BCUT2D eigenvalue weighted by molar-refractivity contribution is 5.98. The van der Waals surface area contributed by atoms with Gasteiger partial charge < -0.3 is 18.9 Å². The summed E-state index contributed by atoms with van der Waals surface area (Å²) >= 11 is 0. The van der Waals surface area contributed by atoms with Crippen molar-refractivity contribution in [2.75, 3.05) is 32.8 Å². The Hall–Kier alpha value is -2.64. The van der Waals surface area contributed by atoms with Gasteiger partial charge in [-0.15, -0.1) is 0 Å². The van der Waals surface area contributed by atoms with Crippen molar-refractivity contribution in [3.8, 4) is 0 Å². The molecule has 0 bridgehead atoms. The van der Waals surface area contributed by atoms with Gasteiger partial charge in [0.25, 0.3) is 5.91 Å². The zero-order chi connectivity index (χ0) is 19.7. The van der Waals surface area contributed by atoms with Gasteiger partial charge in [0.1, 0.15) is 22.9 Å². The molecule has 3 heterocycles. The number of halogens is 1. The van der Waals surface area contributed by atoms with Crippen LogP contribution in [0.15, 0.2) is 39.2 Å². The first-order valence-electron chi connectivity index (χ1n) is 9.38. The smallest absolute Gasteiger partial charge is 0.287 e. The zero-order valence-corrected chi connectivity index (χ0v) is 16.0. The molecule has 1 saturated heterocycles. The van der Waals surface area contributed by atoms with Crippen LogP contribution in [0.3, 0.4) is 0 Å². The largest absolute Gasteiger partial charge is 0.465 e. The number of furan rings is 2. The van der Waals surface area contributed by atoms with Crippen molar-refractivity contribution in [1.82, 2.24) is 10.2 Å². The summed E-state index contributed by atoms with van der Waals surface area (Å²) in [5, 5.41) is 3.56. The van der Waals surface area contributed by atoms with E-state index < -0.39 is 0 Å². The number of morpholine rings is 1. The van der Waals surface area contributed by atoms with Gasteiger partial charge in [-0.2, -0.15) is 0 Å². The van der Waals surface area contributed by atoms with E-state index in [-0.39, 0.29) is 23.5 Å². The molecule has 0 radical (unpaired) electrons. The Morgan fingerprint density at radius 1 is 1.18 bits per heavy atom. The van der Waals surface area contributed by atoms with Crippen LogP contribution in [0.25, 0.3) is 11.0 Å². The number of hydrogen-bond acceptors (Lipinski definition) is 5. The van der Waals surface area contributed by atoms with E-state index in [9.17, 15) is 9.18 Å². The third kappa shape index (κ3) is 3.68. The third-order valence-corrected chi connectivity index (χ3v) is 5.14. The quantitative estimate of drug-likeness (QED) is 0.726. The Bertz CT molecular complexity index is 988. The second-order valence-electron chi connectivity index (χ2n) is 7.02. The van der Waals surface area contributed by atoms with Crippen LogP contribution >= 0.6 is 0 Å². The molecule has 1 atom stereocenters. The summed E-state index contributed by atoms with van der Waals surface area (Å²) in [4.78, 5) is 15.0. The Morgan fingerprint density at radius 3 is 2.68 bits per heavy atom. The molecule has 0 spiro atoms. The number of benzene rings is 1. The van der Waals surface area contributed by atoms with Crippen LogP contribution in [-0.4, -0.2) is 43.7 Å². The molecule has 1 aromatic carbocycles. The monoisotopic (exact) mass is 386 g/mol. The predicted octanol–water partition coefficient (Wildman–Crippen LogP) is 3.59. The maximum atomic E-state index is 13.5. The summed E-state index contributed by atoms with van der Waals surface area (Å²) < 4.78 is 30.4. The molecule has 1 unspecified atom stereocenters. The van der Waals surface area contributed by atoms with Crippen LogP contribution in [0.2, 0.25) is 0 Å². The maximum absolute atomic E-state index is 13.5. The standard InChI is InChI=1S/C21H23FN2O4/c1-13-3-5-19(27-13)17(24-7-9-26-10-8-24)12-23-21(25)20-14(2)16-11-15(22)4-6-18(16)28-20/h3-6,11,17H,7-10,12H2,1-2H3,(H,23,25). The Kier molecular flexibility index (Phi) is 5.19. The number of hydrogen-bond donors (Lipinski definition) is 1.